The number of hydrogen-bond acceptors (Lipinski definition) is 12. The van der Waals surface area contributed by atoms with Gasteiger partial charge in [0.25, 0.3) is 0 Å². The van der Waals surface area contributed by atoms with E-state index in [0.717, 1.165) is 0 Å². The first-order valence-corrected chi connectivity index (χ1v) is 15.9. The molecule has 48 heavy (non-hydrogen) atoms. The Morgan fingerprint density at radius 3 is 2.40 bits per heavy atom. The number of carbonyl (C=O) groups excluding carboxylic acids is 3. The van der Waals surface area contributed by atoms with Gasteiger partial charge in [0.2, 0.25) is 0 Å². The predicted molar refractivity (Wildman–Crippen MR) is 169 cm³/mol. The number of rotatable bonds is 6. The number of ether oxygens (including phenoxy) is 4. The van der Waals surface area contributed by atoms with Crippen LogP contribution in [0.4, 0.5) is 0 Å². The first-order valence-electron chi connectivity index (χ1n) is 15.9. The largest absolute Gasteiger partial charge is 0.508 e. The molecule has 3 heterocycles. The Morgan fingerprint density at radius 1 is 1.02 bits per heavy atom. The molecule has 0 bridgehead atoms. The minimum atomic E-state index is -1.41. The summed E-state index contributed by atoms with van der Waals surface area (Å²) in [6.07, 6.45) is 1.04. The molecule has 8 atom stereocenters. The normalized spacial score (nSPS) is 32.0. The maximum Gasteiger partial charge on any atom is 0.345 e. The molecule has 3 aliphatic rings. The smallest absolute Gasteiger partial charge is 0.345 e. The molecule has 3 aromatic rings. The van der Waals surface area contributed by atoms with Crippen molar-refractivity contribution in [2.24, 2.45) is 22.7 Å². The lowest BCUT2D eigenvalue weighted by atomic mass is 9.42. The summed E-state index contributed by atoms with van der Waals surface area (Å²) < 4.78 is 30.1. The van der Waals surface area contributed by atoms with Gasteiger partial charge in [0.15, 0.2) is 0 Å². The topological polar surface area (TPSA) is 172 Å². The van der Waals surface area contributed by atoms with Crippen LogP contribution in [0.3, 0.4) is 0 Å². The van der Waals surface area contributed by atoms with Crippen LogP contribution < -0.4 is 10.4 Å². The van der Waals surface area contributed by atoms with Crippen LogP contribution in [-0.2, 0) is 23.8 Å². The van der Waals surface area contributed by atoms with Crippen molar-refractivity contribution < 1.29 is 48.0 Å². The van der Waals surface area contributed by atoms with Gasteiger partial charge >= 0.3 is 23.5 Å². The summed E-state index contributed by atoms with van der Waals surface area (Å²) in [5, 5.41) is 22.1. The van der Waals surface area contributed by atoms with E-state index in [1.165, 1.54) is 50.4 Å². The summed E-state index contributed by atoms with van der Waals surface area (Å²) in [4.78, 5) is 55.8. The van der Waals surface area contributed by atoms with Gasteiger partial charge in [-0.05, 0) is 73.9 Å². The van der Waals surface area contributed by atoms with Crippen molar-refractivity contribution in [2.75, 3.05) is 6.61 Å². The van der Waals surface area contributed by atoms with Crippen molar-refractivity contribution in [1.82, 2.24) is 4.98 Å². The molecule has 0 radical (unpaired) electrons. The summed E-state index contributed by atoms with van der Waals surface area (Å²) in [5.74, 6) is -2.75. The van der Waals surface area contributed by atoms with E-state index in [4.69, 9.17) is 23.4 Å². The van der Waals surface area contributed by atoms with Gasteiger partial charge in [-0.1, -0.05) is 13.8 Å². The summed E-state index contributed by atoms with van der Waals surface area (Å²) in [6.45, 7) is 8.12. The number of aliphatic hydroxyl groups is 1. The fourth-order valence-corrected chi connectivity index (χ4v) is 8.63. The second-order valence-corrected chi connectivity index (χ2v) is 13.8. The fourth-order valence-electron chi connectivity index (χ4n) is 8.63. The standard InChI is InChI=1S/C36H39NO11/c1-19(38)44-18-35(4)26-16-28(47-32(42)21-8-10-23(40)11-9-21)36(5)31(34(26,3)13-12-27(35)45-20(2)39)30(41)29-25(48-36)15-24(46-33(29)43)22-7-6-14-37-17-22/h6-11,14-15,17,26-28,30-31,40-41H,12-13,16,18H2,1-5H3/t26?,27-,28-,30-,31?,34-,35-,36+/m0/s1. The Hall–Kier alpha value is -4.71. The van der Waals surface area contributed by atoms with Crippen LogP contribution in [0.25, 0.3) is 11.3 Å². The average Bonchev–Trinajstić information content (AvgIpc) is 3.02. The van der Waals surface area contributed by atoms with Gasteiger partial charge in [-0.2, -0.15) is 0 Å². The lowest BCUT2D eigenvalue weighted by Crippen LogP contribution is -2.71. The van der Waals surface area contributed by atoms with Gasteiger partial charge < -0.3 is 33.6 Å². The molecule has 2 aliphatic carbocycles. The molecular formula is C36H39NO11. The SMILES string of the molecule is CC(=O)OC[C@@]1(C)C2C[C@H](OC(=O)c3ccc(O)cc3)[C@@]3(C)Oc4cc(-c5cccnc5)oc(=O)c4[C@H](O)C3[C@@]2(C)CC[C@@H]1OC(C)=O. The Morgan fingerprint density at radius 2 is 1.75 bits per heavy atom. The first kappa shape index (κ1) is 33.2. The van der Waals surface area contributed by atoms with Crippen LogP contribution in [0.1, 0.15) is 75.9 Å². The maximum absolute atomic E-state index is 13.7. The van der Waals surface area contributed by atoms with Gasteiger partial charge in [0.05, 0.1) is 11.7 Å². The highest BCUT2D eigenvalue weighted by Gasteiger charge is 2.71. The Kier molecular flexibility index (Phi) is 8.35. The number of aromatic hydroxyl groups is 1. The quantitative estimate of drug-likeness (QED) is 0.275. The molecule has 2 fully saturated rings. The van der Waals surface area contributed by atoms with Gasteiger partial charge in [-0.25, -0.2) is 9.59 Å². The zero-order valence-corrected chi connectivity index (χ0v) is 27.4. The number of esters is 3. The number of phenolic OH excluding ortho intramolecular Hbond substituents is 1. The number of nitrogens with zero attached hydrogens (tertiary/aromatic N) is 1. The number of aliphatic hydroxyl groups excluding tert-OH is 1. The number of benzene rings is 1. The summed E-state index contributed by atoms with van der Waals surface area (Å²) in [7, 11) is 0. The molecule has 2 aromatic heterocycles. The lowest BCUT2D eigenvalue weighted by Gasteiger charge is -2.66. The van der Waals surface area contributed by atoms with Gasteiger partial charge in [-0.3, -0.25) is 14.6 Å². The minimum Gasteiger partial charge on any atom is -0.508 e. The molecule has 12 nitrogen and oxygen atoms in total. The van der Waals surface area contributed by atoms with E-state index in [1.54, 1.807) is 25.3 Å². The number of carbonyl (C=O) groups is 3. The van der Waals surface area contributed by atoms with E-state index in [-0.39, 0.29) is 41.4 Å². The van der Waals surface area contributed by atoms with Crippen molar-refractivity contribution in [3.8, 4) is 22.8 Å². The number of phenols is 1. The molecule has 2 unspecified atom stereocenters. The number of hydrogen-bond donors (Lipinski definition) is 2. The van der Waals surface area contributed by atoms with Gasteiger partial charge in [-0.15, -0.1) is 0 Å². The van der Waals surface area contributed by atoms with E-state index < -0.39 is 70.1 Å². The molecule has 0 spiro atoms. The molecular weight excluding hydrogens is 622 g/mol. The molecule has 2 saturated carbocycles. The molecule has 254 valence electrons. The molecule has 2 N–H and O–H groups in total. The highest BCUT2D eigenvalue weighted by molar-refractivity contribution is 5.89. The Balaban J connectivity index is 1.50. The third-order valence-corrected chi connectivity index (χ3v) is 10.8. The highest BCUT2D eigenvalue weighted by atomic mass is 16.6. The number of fused-ring (bicyclic) bond motifs is 4. The van der Waals surface area contributed by atoms with Crippen molar-refractivity contribution in [2.45, 2.75) is 77.8 Å². The second kappa shape index (κ2) is 12.1. The van der Waals surface area contributed by atoms with Crippen molar-refractivity contribution in [3.05, 3.63) is 76.4 Å². The van der Waals surface area contributed by atoms with Crippen molar-refractivity contribution >= 4 is 17.9 Å². The van der Waals surface area contributed by atoms with Crippen molar-refractivity contribution in [3.63, 3.8) is 0 Å². The summed E-state index contributed by atoms with van der Waals surface area (Å²) >= 11 is 0. The Labute approximate surface area is 277 Å². The predicted octanol–water partition coefficient (Wildman–Crippen LogP) is 4.75. The monoisotopic (exact) mass is 661 g/mol. The molecule has 0 saturated heterocycles. The van der Waals surface area contributed by atoms with E-state index in [9.17, 15) is 29.4 Å². The lowest BCUT2D eigenvalue weighted by molar-refractivity contribution is -0.266. The molecule has 12 heteroatoms. The molecule has 1 aromatic carbocycles. The molecule has 0 amide bonds. The van der Waals surface area contributed by atoms with Crippen LogP contribution in [0, 0.1) is 22.7 Å². The third-order valence-electron chi connectivity index (χ3n) is 10.8. The highest BCUT2D eigenvalue weighted by Crippen LogP contribution is 2.67. The zero-order chi connectivity index (χ0) is 34.6. The maximum atomic E-state index is 13.7. The first-order chi connectivity index (χ1) is 22.7. The van der Waals surface area contributed by atoms with Crippen molar-refractivity contribution in [1.29, 1.82) is 0 Å². The van der Waals surface area contributed by atoms with Crippen LogP contribution in [0.5, 0.6) is 11.5 Å². The summed E-state index contributed by atoms with van der Waals surface area (Å²) in [6, 6.07) is 10.6. The van der Waals surface area contributed by atoms with Gasteiger partial charge in [0.1, 0.15) is 47.2 Å². The van der Waals surface area contributed by atoms with Crippen LogP contribution in [0.2, 0.25) is 0 Å². The van der Waals surface area contributed by atoms with Crippen LogP contribution in [0.15, 0.2) is 64.1 Å². The average molecular weight is 662 g/mol. The molecule has 1 aliphatic heterocycles. The van der Waals surface area contributed by atoms with Crippen LogP contribution in [-0.4, -0.2) is 57.5 Å². The fraction of sp³-hybridized carbons (Fsp3) is 0.472. The minimum absolute atomic E-state index is 0.0226. The van der Waals surface area contributed by atoms with E-state index in [1.807, 2.05) is 13.8 Å². The van der Waals surface area contributed by atoms with E-state index in [0.29, 0.717) is 18.4 Å². The third kappa shape index (κ3) is 5.51. The Bertz CT molecular complexity index is 1790. The van der Waals surface area contributed by atoms with Gasteiger partial charge in [0, 0.05) is 49.2 Å². The van der Waals surface area contributed by atoms with E-state index >= 15 is 0 Å². The van der Waals surface area contributed by atoms with Crippen LogP contribution >= 0.6 is 0 Å². The zero-order valence-electron chi connectivity index (χ0n) is 27.4. The number of pyridine rings is 1. The second-order valence-electron chi connectivity index (χ2n) is 13.8. The van der Waals surface area contributed by atoms with E-state index in [2.05, 4.69) is 4.98 Å². The summed E-state index contributed by atoms with van der Waals surface area (Å²) in [5.41, 5.74) is -3.29. The number of aromatic nitrogens is 1. The molecule has 6 rings (SSSR count).